The summed E-state index contributed by atoms with van der Waals surface area (Å²) in [5, 5.41) is 13.3. The summed E-state index contributed by atoms with van der Waals surface area (Å²) in [6, 6.07) is 5.66. The first-order valence-corrected chi connectivity index (χ1v) is 8.69. The number of aromatic hydroxyl groups is 1. The summed E-state index contributed by atoms with van der Waals surface area (Å²) >= 11 is 3.39. The number of hydrogen-bond donors (Lipinski definition) is 2. The van der Waals surface area contributed by atoms with Crippen LogP contribution in [0.3, 0.4) is 0 Å². The molecule has 1 fully saturated rings. The fourth-order valence-corrected chi connectivity index (χ4v) is 3.02. The Morgan fingerprint density at radius 2 is 1.95 bits per heavy atom. The quantitative estimate of drug-likeness (QED) is 0.603. The lowest BCUT2D eigenvalue weighted by Crippen LogP contribution is -2.27. The second-order valence-corrected chi connectivity index (χ2v) is 7.20. The molecular formula is C17H24BrNO2. The van der Waals surface area contributed by atoms with Crippen molar-refractivity contribution in [3.8, 4) is 5.75 Å². The zero-order valence-corrected chi connectivity index (χ0v) is 14.3. The zero-order chi connectivity index (χ0) is 15.4. The van der Waals surface area contributed by atoms with E-state index in [0.717, 1.165) is 18.4 Å². The van der Waals surface area contributed by atoms with Gasteiger partial charge in [-0.15, -0.1) is 0 Å². The Morgan fingerprint density at radius 3 is 2.57 bits per heavy atom. The smallest absolute Gasteiger partial charge is 0.238 e. The molecule has 1 aromatic rings. The number of nitrogens with one attached hydrogen (secondary N) is 1. The minimum absolute atomic E-state index is 0.110. The fraction of sp³-hybridized carbons (Fsp3) is 0.588. The van der Waals surface area contributed by atoms with Crippen LogP contribution in [-0.4, -0.2) is 15.8 Å². The predicted octanol–water partition coefficient (Wildman–Crippen LogP) is 4.80. The SMILES string of the molecule is CC(C)C(Br)C(=O)Nc1cccc(C2CCCCC2)c1O. The second kappa shape index (κ2) is 7.30. The van der Waals surface area contributed by atoms with Gasteiger partial charge >= 0.3 is 0 Å². The van der Waals surface area contributed by atoms with Crippen LogP contribution in [0.25, 0.3) is 0 Å². The Hall–Kier alpha value is -1.03. The molecule has 116 valence electrons. The van der Waals surface area contributed by atoms with Crippen molar-refractivity contribution in [1.82, 2.24) is 0 Å². The molecule has 1 unspecified atom stereocenters. The highest BCUT2D eigenvalue weighted by Gasteiger charge is 2.23. The number of anilines is 1. The van der Waals surface area contributed by atoms with Gasteiger partial charge in [0, 0.05) is 0 Å². The third-order valence-corrected chi connectivity index (χ3v) is 5.68. The molecule has 2 rings (SSSR count). The summed E-state index contributed by atoms with van der Waals surface area (Å²) in [5.74, 6) is 0.747. The van der Waals surface area contributed by atoms with Gasteiger partial charge in [-0.2, -0.15) is 0 Å². The molecule has 4 heteroatoms. The Labute approximate surface area is 135 Å². The van der Waals surface area contributed by atoms with Gasteiger partial charge in [-0.3, -0.25) is 4.79 Å². The highest BCUT2D eigenvalue weighted by atomic mass is 79.9. The predicted molar refractivity (Wildman–Crippen MR) is 90.1 cm³/mol. The molecule has 1 amide bonds. The van der Waals surface area contributed by atoms with Gasteiger partial charge in [0.2, 0.25) is 5.91 Å². The molecule has 1 saturated carbocycles. The molecule has 1 aliphatic rings. The normalized spacial score (nSPS) is 17.7. The van der Waals surface area contributed by atoms with E-state index in [-0.39, 0.29) is 22.4 Å². The average molecular weight is 354 g/mol. The maximum atomic E-state index is 12.1. The van der Waals surface area contributed by atoms with E-state index in [0.29, 0.717) is 11.6 Å². The third kappa shape index (κ3) is 4.00. The number of alkyl halides is 1. The van der Waals surface area contributed by atoms with Gasteiger partial charge in [-0.25, -0.2) is 0 Å². The molecule has 0 saturated heterocycles. The maximum absolute atomic E-state index is 12.1. The summed E-state index contributed by atoms with van der Waals surface area (Å²) < 4.78 is 0. The van der Waals surface area contributed by atoms with E-state index in [2.05, 4.69) is 21.2 Å². The molecule has 1 atom stereocenters. The first kappa shape index (κ1) is 16.3. The molecule has 3 nitrogen and oxygen atoms in total. The molecule has 0 aromatic heterocycles. The van der Waals surface area contributed by atoms with Gasteiger partial charge in [-0.05, 0) is 36.3 Å². The lowest BCUT2D eigenvalue weighted by molar-refractivity contribution is -0.116. The molecule has 0 heterocycles. The standard InChI is InChI=1S/C17H24BrNO2/c1-11(2)15(18)17(21)19-14-10-6-9-13(16(14)20)12-7-4-3-5-8-12/h6,9-12,15,20H,3-5,7-8H2,1-2H3,(H,19,21). The van der Waals surface area contributed by atoms with Crippen molar-refractivity contribution < 1.29 is 9.90 Å². The number of phenolic OH excluding ortho intramolecular Hbond substituents is 1. The molecule has 1 aliphatic carbocycles. The molecule has 0 radical (unpaired) electrons. The van der Waals surface area contributed by atoms with Crippen molar-refractivity contribution in [2.45, 2.75) is 56.7 Å². The van der Waals surface area contributed by atoms with Crippen LogP contribution in [0.1, 0.15) is 57.4 Å². The molecule has 0 bridgehead atoms. The Kier molecular flexibility index (Phi) is 5.68. The number of para-hydroxylation sites is 1. The van der Waals surface area contributed by atoms with Crippen LogP contribution in [0.4, 0.5) is 5.69 Å². The van der Waals surface area contributed by atoms with E-state index in [4.69, 9.17) is 0 Å². The number of phenols is 1. The summed E-state index contributed by atoms with van der Waals surface area (Å²) in [6.45, 7) is 3.97. The highest BCUT2D eigenvalue weighted by molar-refractivity contribution is 9.10. The monoisotopic (exact) mass is 353 g/mol. The van der Waals surface area contributed by atoms with Crippen LogP contribution in [0.2, 0.25) is 0 Å². The van der Waals surface area contributed by atoms with Gasteiger partial charge in [0.25, 0.3) is 0 Å². The second-order valence-electron chi connectivity index (χ2n) is 6.21. The maximum Gasteiger partial charge on any atom is 0.238 e. The fourth-order valence-electron chi connectivity index (χ4n) is 2.91. The van der Waals surface area contributed by atoms with E-state index in [1.807, 2.05) is 26.0 Å². The Morgan fingerprint density at radius 1 is 1.29 bits per heavy atom. The first-order chi connectivity index (χ1) is 10.0. The van der Waals surface area contributed by atoms with Crippen molar-refractivity contribution >= 4 is 27.5 Å². The number of halogens is 1. The molecule has 0 aliphatic heterocycles. The summed E-state index contributed by atoms with van der Waals surface area (Å²) in [5.41, 5.74) is 1.50. The number of benzene rings is 1. The van der Waals surface area contributed by atoms with E-state index in [1.165, 1.54) is 19.3 Å². The van der Waals surface area contributed by atoms with E-state index in [1.54, 1.807) is 6.07 Å². The van der Waals surface area contributed by atoms with Crippen LogP contribution in [0.5, 0.6) is 5.75 Å². The molecule has 2 N–H and O–H groups in total. The van der Waals surface area contributed by atoms with Gasteiger partial charge in [0.1, 0.15) is 5.75 Å². The van der Waals surface area contributed by atoms with Crippen LogP contribution in [-0.2, 0) is 4.79 Å². The van der Waals surface area contributed by atoms with Crippen LogP contribution in [0, 0.1) is 5.92 Å². The molecule has 21 heavy (non-hydrogen) atoms. The van der Waals surface area contributed by atoms with Crippen molar-refractivity contribution in [1.29, 1.82) is 0 Å². The lowest BCUT2D eigenvalue weighted by atomic mass is 9.83. The Balaban J connectivity index is 2.15. The molecule has 1 aromatic carbocycles. The van der Waals surface area contributed by atoms with Gasteiger partial charge in [-0.1, -0.05) is 61.2 Å². The lowest BCUT2D eigenvalue weighted by Gasteiger charge is -2.24. The van der Waals surface area contributed by atoms with Crippen LogP contribution >= 0.6 is 15.9 Å². The van der Waals surface area contributed by atoms with Crippen molar-refractivity contribution in [3.63, 3.8) is 0 Å². The summed E-state index contributed by atoms with van der Waals surface area (Å²) in [7, 11) is 0. The van der Waals surface area contributed by atoms with E-state index >= 15 is 0 Å². The largest absolute Gasteiger partial charge is 0.505 e. The average Bonchev–Trinajstić information content (AvgIpc) is 2.49. The van der Waals surface area contributed by atoms with E-state index in [9.17, 15) is 9.90 Å². The minimum atomic E-state index is -0.254. The third-order valence-electron chi connectivity index (χ3n) is 4.21. The number of rotatable bonds is 4. The van der Waals surface area contributed by atoms with Crippen molar-refractivity contribution in [2.75, 3.05) is 5.32 Å². The number of amides is 1. The van der Waals surface area contributed by atoms with Gasteiger partial charge in [0.15, 0.2) is 0 Å². The summed E-state index contributed by atoms with van der Waals surface area (Å²) in [4.78, 5) is 11.9. The number of carbonyl (C=O) groups is 1. The van der Waals surface area contributed by atoms with Gasteiger partial charge < -0.3 is 10.4 Å². The summed E-state index contributed by atoms with van der Waals surface area (Å²) in [6.07, 6.45) is 5.97. The first-order valence-electron chi connectivity index (χ1n) is 7.77. The number of carbonyl (C=O) groups excluding carboxylic acids is 1. The van der Waals surface area contributed by atoms with Gasteiger partial charge in [0.05, 0.1) is 10.5 Å². The topological polar surface area (TPSA) is 49.3 Å². The van der Waals surface area contributed by atoms with Crippen molar-refractivity contribution in [3.05, 3.63) is 23.8 Å². The molecule has 0 spiro atoms. The van der Waals surface area contributed by atoms with E-state index < -0.39 is 0 Å². The Bertz CT molecular complexity index is 496. The van der Waals surface area contributed by atoms with Crippen molar-refractivity contribution in [2.24, 2.45) is 5.92 Å². The highest BCUT2D eigenvalue weighted by Crippen LogP contribution is 2.40. The van der Waals surface area contributed by atoms with Crippen LogP contribution in [0.15, 0.2) is 18.2 Å². The number of hydrogen-bond acceptors (Lipinski definition) is 2. The van der Waals surface area contributed by atoms with Crippen LogP contribution < -0.4 is 5.32 Å². The molecular weight excluding hydrogens is 330 g/mol. The minimum Gasteiger partial charge on any atom is -0.505 e. The zero-order valence-electron chi connectivity index (χ0n) is 12.7.